The van der Waals surface area contributed by atoms with E-state index in [4.69, 9.17) is 15.2 Å². The predicted molar refractivity (Wildman–Crippen MR) is 235 cm³/mol. The molecular formula is C46H39N11O3. The summed E-state index contributed by atoms with van der Waals surface area (Å²) in [6, 6.07) is 48.9. The van der Waals surface area contributed by atoms with Crippen LogP contribution < -0.4 is 41.8 Å². The van der Waals surface area contributed by atoms with Crippen molar-refractivity contribution in [3.8, 4) is 23.0 Å². The Hall–Kier alpha value is -8.52. The Morgan fingerprint density at radius 2 is 0.967 bits per heavy atom. The zero-order valence-corrected chi connectivity index (χ0v) is 32.1. The van der Waals surface area contributed by atoms with Gasteiger partial charge in [0, 0.05) is 41.3 Å². The molecule has 5 aromatic carbocycles. The van der Waals surface area contributed by atoms with Crippen LogP contribution in [-0.2, 0) is 11.2 Å². The lowest BCUT2D eigenvalue weighted by atomic mass is 10.1. The molecule has 14 nitrogen and oxygen atoms in total. The number of nitrogens with one attached hydrogen (secondary N) is 5. The highest BCUT2D eigenvalue weighted by molar-refractivity contribution is 5.91. The number of hydrogen-bond donors (Lipinski definition) is 6. The number of carbonyl (C=O) groups excluding carboxylic acids is 1. The largest absolute Gasteiger partial charge is 0.457 e. The Morgan fingerprint density at radius 1 is 0.467 bits per heavy atom. The molecule has 0 aliphatic rings. The van der Waals surface area contributed by atoms with Crippen molar-refractivity contribution in [1.82, 2.24) is 24.9 Å². The minimum atomic E-state index is -0.0947. The number of rotatable bonds is 16. The van der Waals surface area contributed by atoms with Crippen molar-refractivity contribution < 1.29 is 14.3 Å². The number of pyridine rings is 1. The van der Waals surface area contributed by atoms with Gasteiger partial charge in [-0.25, -0.2) is 24.9 Å². The molecule has 3 aromatic heterocycles. The first kappa shape index (κ1) is 38.4. The van der Waals surface area contributed by atoms with Crippen molar-refractivity contribution in [3.05, 3.63) is 176 Å². The highest BCUT2D eigenvalue weighted by Crippen LogP contribution is 2.28. The predicted octanol–water partition coefficient (Wildman–Crippen LogP) is 10.4. The van der Waals surface area contributed by atoms with E-state index in [0.717, 1.165) is 34.1 Å². The average molecular weight is 794 g/mol. The fourth-order valence-electron chi connectivity index (χ4n) is 5.94. The number of aromatic nitrogens is 5. The van der Waals surface area contributed by atoms with Gasteiger partial charge in [-0.3, -0.25) is 4.79 Å². The molecule has 1 amide bonds. The Morgan fingerprint density at radius 3 is 1.55 bits per heavy atom. The lowest BCUT2D eigenvalue weighted by Gasteiger charge is -2.11. The molecule has 14 heteroatoms. The highest BCUT2D eigenvalue weighted by Gasteiger charge is 2.08. The fraction of sp³-hybridized carbons (Fsp3) is 0.0435. The van der Waals surface area contributed by atoms with Gasteiger partial charge >= 0.3 is 0 Å². The van der Waals surface area contributed by atoms with Gasteiger partial charge in [-0.2, -0.15) is 0 Å². The Bertz CT molecular complexity index is 2660. The van der Waals surface area contributed by atoms with Gasteiger partial charge in [0.05, 0.1) is 0 Å². The van der Waals surface area contributed by atoms with E-state index in [1.165, 1.54) is 12.7 Å². The van der Waals surface area contributed by atoms with Crippen LogP contribution in [0.25, 0.3) is 0 Å². The van der Waals surface area contributed by atoms with Gasteiger partial charge in [-0.15, -0.1) is 0 Å². The Kier molecular flexibility index (Phi) is 11.9. The van der Waals surface area contributed by atoms with Crippen LogP contribution in [-0.4, -0.2) is 30.8 Å². The summed E-state index contributed by atoms with van der Waals surface area (Å²) >= 11 is 0. The van der Waals surface area contributed by atoms with Gasteiger partial charge in [0.15, 0.2) is 0 Å². The summed E-state index contributed by atoms with van der Waals surface area (Å²) in [5, 5.41) is 16.0. The number of nitrogens with zero attached hydrogens (tertiary/aromatic N) is 5. The van der Waals surface area contributed by atoms with Crippen LogP contribution in [0.4, 0.5) is 57.7 Å². The molecule has 8 rings (SSSR count). The molecule has 0 aliphatic carbocycles. The quantitative estimate of drug-likeness (QED) is 0.0543. The molecule has 0 spiro atoms. The SMILES string of the molecule is Nc1cccc(Nc2cc(Nc3ccc(Oc4ccc(CCC(=O)Nc5cccc(Nc6cc(Nc7ccc(Oc8ccccc8)cc7)ncn6)c5)cc4)cc3)ncn2)n1. The molecule has 8 aromatic rings. The van der Waals surface area contributed by atoms with E-state index in [1.54, 1.807) is 18.2 Å². The third-order valence-electron chi connectivity index (χ3n) is 8.81. The van der Waals surface area contributed by atoms with Crippen molar-refractivity contribution in [3.63, 3.8) is 0 Å². The Balaban J connectivity index is 0.778. The topological polar surface area (TPSA) is 186 Å². The second kappa shape index (κ2) is 18.6. The van der Waals surface area contributed by atoms with Crippen molar-refractivity contribution >= 4 is 63.6 Å². The number of hydrogen-bond acceptors (Lipinski definition) is 13. The second-order valence-electron chi connectivity index (χ2n) is 13.4. The molecule has 7 N–H and O–H groups in total. The van der Waals surface area contributed by atoms with Crippen molar-refractivity contribution in [2.24, 2.45) is 0 Å². The monoisotopic (exact) mass is 793 g/mol. The smallest absolute Gasteiger partial charge is 0.224 e. The number of amides is 1. The van der Waals surface area contributed by atoms with E-state index < -0.39 is 0 Å². The number of nitrogen functional groups attached to an aromatic ring is 1. The number of aryl methyl sites for hydroxylation is 1. The highest BCUT2D eigenvalue weighted by atomic mass is 16.5. The maximum absolute atomic E-state index is 12.9. The average Bonchev–Trinajstić information content (AvgIpc) is 3.26. The van der Waals surface area contributed by atoms with Gasteiger partial charge in [0.25, 0.3) is 0 Å². The minimum absolute atomic E-state index is 0.0947. The van der Waals surface area contributed by atoms with Crippen molar-refractivity contribution in [1.29, 1.82) is 0 Å². The number of ether oxygens (including phenoxy) is 2. The molecule has 0 aliphatic heterocycles. The number of anilines is 10. The third kappa shape index (κ3) is 11.1. The standard InChI is InChI=1S/C46H39N11O3/c47-40-10-5-11-41(56-40)57-45-28-43(49-30-51-45)53-33-17-23-39(24-18-33)60-37-19-12-31(13-20-37)14-25-46(58)55-35-7-4-6-34(26-35)54-44-27-42(48-29-50-44)52-32-15-21-38(22-16-32)59-36-8-2-1-3-9-36/h1-13,15-24,26-30H,14,25H2,(H,55,58)(H2,48,50,52,54)(H4,47,49,51,53,56,57). The summed E-state index contributed by atoms with van der Waals surface area (Å²) in [5.74, 6) is 6.17. The number of carbonyl (C=O) groups is 1. The minimum Gasteiger partial charge on any atom is -0.457 e. The molecule has 0 radical (unpaired) electrons. The molecule has 0 saturated carbocycles. The molecular weight excluding hydrogens is 755 g/mol. The fourth-order valence-corrected chi connectivity index (χ4v) is 5.94. The van der Waals surface area contributed by atoms with Crippen LogP contribution in [0.1, 0.15) is 12.0 Å². The van der Waals surface area contributed by atoms with Crippen LogP contribution in [0.5, 0.6) is 23.0 Å². The van der Waals surface area contributed by atoms with Crippen LogP contribution in [0.15, 0.2) is 170 Å². The van der Waals surface area contributed by atoms with Crippen molar-refractivity contribution in [2.75, 3.05) is 32.3 Å². The summed E-state index contributed by atoms with van der Waals surface area (Å²) in [4.78, 5) is 34.4. The number of nitrogens with two attached hydrogens (primary N) is 1. The van der Waals surface area contributed by atoms with Gasteiger partial charge in [0.1, 0.15) is 70.6 Å². The lowest BCUT2D eigenvalue weighted by Crippen LogP contribution is -2.12. The van der Waals surface area contributed by atoms with E-state index in [0.29, 0.717) is 64.9 Å². The number of para-hydroxylation sites is 1. The van der Waals surface area contributed by atoms with Crippen molar-refractivity contribution in [2.45, 2.75) is 12.8 Å². The van der Waals surface area contributed by atoms with Crippen LogP contribution in [0.3, 0.4) is 0 Å². The summed E-state index contributed by atoms with van der Waals surface area (Å²) in [7, 11) is 0. The zero-order chi connectivity index (χ0) is 40.9. The zero-order valence-electron chi connectivity index (χ0n) is 32.1. The molecule has 60 heavy (non-hydrogen) atoms. The summed E-state index contributed by atoms with van der Waals surface area (Å²) in [6.45, 7) is 0. The summed E-state index contributed by atoms with van der Waals surface area (Å²) in [6.07, 6.45) is 3.83. The first-order valence-electron chi connectivity index (χ1n) is 19.0. The third-order valence-corrected chi connectivity index (χ3v) is 8.81. The molecule has 0 unspecified atom stereocenters. The molecule has 0 saturated heterocycles. The normalized spacial score (nSPS) is 10.6. The second-order valence-corrected chi connectivity index (χ2v) is 13.4. The van der Waals surface area contributed by atoms with E-state index in [2.05, 4.69) is 51.5 Å². The summed E-state index contributed by atoms with van der Waals surface area (Å²) < 4.78 is 11.9. The van der Waals surface area contributed by atoms with Gasteiger partial charge < -0.3 is 41.8 Å². The maximum atomic E-state index is 12.9. The van der Waals surface area contributed by atoms with Crippen LogP contribution >= 0.6 is 0 Å². The lowest BCUT2D eigenvalue weighted by molar-refractivity contribution is -0.116. The van der Waals surface area contributed by atoms with Gasteiger partial charge in [0.2, 0.25) is 5.91 Å². The first-order chi connectivity index (χ1) is 29.4. The molecule has 3 heterocycles. The van der Waals surface area contributed by atoms with Crippen LogP contribution in [0, 0.1) is 0 Å². The first-order valence-corrected chi connectivity index (χ1v) is 19.0. The van der Waals surface area contributed by atoms with E-state index in [1.807, 2.05) is 140 Å². The van der Waals surface area contributed by atoms with Gasteiger partial charge in [-0.1, -0.05) is 42.5 Å². The molecule has 0 fully saturated rings. The Labute approximate surface area is 346 Å². The van der Waals surface area contributed by atoms with E-state index in [-0.39, 0.29) is 5.91 Å². The molecule has 0 bridgehead atoms. The molecule has 296 valence electrons. The van der Waals surface area contributed by atoms with Gasteiger partial charge in [-0.05, 0) is 115 Å². The summed E-state index contributed by atoms with van der Waals surface area (Å²) in [5.41, 5.74) is 9.91. The van der Waals surface area contributed by atoms with E-state index in [9.17, 15) is 4.79 Å². The number of benzene rings is 5. The molecule has 0 atom stereocenters. The maximum Gasteiger partial charge on any atom is 0.224 e. The van der Waals surface area contributed by atoms with E-state index >= 15 is 0 Å². The van der Waals surface area contributed by atoms with Crippen LogP contribution in [0.2, 0.25) is 0 Å².